The Bertz CT molecular complexity index is 689. The maximum atomic E-state index is 12.6. The lowest BCUT2D eigenvalue weighted by molar-refractivity contribution is -0.137. The molecule has 9 heteroatoms. The fourth-order valence-electron chi connectivity index (χ4n) is 1.88. The highest BCUT2D eigenvalue weighted by molar-refractivity contribution is 5.65. The molecular weight excluding hydrogens is 301 g/mol. The molecule has 1 atom stereocenters. The quantitative estimate of drug-likeness (QED) is 0.884. The Kier molecular flexibility index (Phi) is 4.44. The summed E-state index contributed by atoms with van der Waals surface area (Å²) in [6, 6.07) is 5.96. The Balaban J connectivity index is 2.43. The molecule has 2 N–H and O–H groups in total. The van der Waals surface area contributed by atoms with E-state index in [1.165, 1.54) is 16.8 Å². The van der Waals surface area contributed by atoms with E-state index in [4.69, 9.17) is 10.4 Å². The minimum Gasteiger partial charge on any atom is -0.394 e. The first-order valence-corrected chi connectivity index (χ1v) is 6.17. The van der Waals surface area contributed by atoms with Crippen molar-refractivity contribution >= 4 is 0 Å². The van der Waals surface area contributed by atoms with Gasteiger partial charge in [-0.15, -0.1) is 5.10 Å². The molecular formula is C13H11F3N4O2. The van der Waals surface area contributed by atoms with Crippen LogP contribution in [0.25, 0.3) is 11.3 Å². The van der Waals surface area contributed by atoms with Crippen LogP contribution in [0.5, 0.6) is 0 Å². The summed E-state index contributed by atoms with van der Waals surface area (Å²) in [6.45, 7) is -0.657. The topological polar surface area (TPSA) is 95.0 Å². The smallest absolute Gasteiger partial charge is 0.394 e. The maximum absolute atomic E-state index is 12.6. The minimum absolute atomic E-state index is 0.0788. The summed E-state index contributed by atoms with van der Waals surface area (Å²) in [6.07, 6.45) is -5.58. The number of aromatic nitrogens is 3. The Labute approximate surface area is 123 Å². The Morgan fingerprint density at radius 1 is 1.27 bits per heavy atom. The third kappa shape index (κ3) is 3.24. The molecule has 22 heavy (non-hydrogen) atoms. The Hall–Kier alpha value is -2.44. The van der Waals surface area contributed by atoms with Crippen LogP contribution in [0.1, 0.15) is 11.3 Å². The molecule has 1 aromatic carbocycles. The van der Waals surface area contributed by atoms with Crippen molar-refractivity contribution in [2.45, 2.75) is 18.8 Å². The molecule has 6 nitrogen and oxygen atoms in total. The minimum atomic E-state index is -4.46. The van der Waals surface area contributed by atoms with E-state index < -0.39 is 24.5 Å². The molecule has 1 heterocycles. The van der Waals surface area contributed by atoms with Crippen LogP contribution in [0.2, 0.25) is 0 Å². The van der Waals surface area contributed by atoms with Crippen molar-refractivity contribution in [1.82, 2.24) is 15.0 Å². The molecule has 1 aromatic heterocycles. The second-order valence-electron chi connectivity index (χ2n) is 4.49. The van der Waals surface area contributed by atoms with Crippen LogP contribution in [0, 0.1) is 11.3 Å². The largest absolute Gasteiger partial charge is 0.416 e. The summed E-state index contributed by atoms with van der Waals surface area (Å²) in [5.41, 5.74) is -0.405. The maximum Gasteiger partial charge on any atom is 0.416 e. The van der Waals surface area contributed by atoms with Gasteiger partial charge in [0.2, 0.25) is 0 Å². The fourth-order valence-corrected chi connectivity index (χ4v) is 1.88. The van der Waals surface area contributed by atoms with Gasteiger partial charge in [-0.25, -0.2) is 4.68 Å². The lowest BCUT2D eigenvalue weighted by Gasteiger charge is -2.11. The predicted molar refractivity (Wildman–Crippen MR) is 68.3 cm³/mol. The lowest BCUT2D eigenvalue weighted by atomic mass is 10.1. The van der Waals surface area contributed by atoms with E-state index in [-0.39, 0.29) is 17.9 Å². The van der Waals surface area contributed by atoms with Crippen molar-refractivity contribution in [3.63, 3.8) is 0 Å². The molecule has 2 rings (SSSR count). The van der Waals surface area contributed by atoms with Gasteiger partial charge in [-0.3, -0.25) is 0 Å². The summed E-state index contributed by atoms with van der Waals surface area (Å²) in [7, 11) is 0. The first-order chi connectivity index (χ1) is 10.4. The van der Waals surface area contributed by atoms with Crippen molar-refractivity contribution in [2.24, 2.45) is 0 Å². The average molecular weight is 312 g/mol. The van der Waals surface area contributed by atoms with Gasteiger partial charge in [0.05, 0.1) is 24.8 Å². The molecule has 0 aliphatic rings. The van der Waals surface area contributed by atoms with Gasteiger partial charge in [0, 0.05) is 5.56 Å². The van der Waals surface area contributed by atoms with Gasteiger partial charge in [0.25, 0.3) is 0 Å². The lowest BCUT2D eigenvalue weighted by Crippen LogP contribution is -2.21. The monoisotopic (exact) mass is 312 g/mol. The molecule has 0 fully saturated rings. The number of halogens is 3. The van der Waals surface area contributed by atoms with Gasteiger partial charge in [-0.05, 0) is 12.1 Å². The van der Waals surface area contributed by atoms with Gasteiger partial charge in [0.1, 0.15) is 11.8 Å². The number of rotatable bonds is 4. The number of hydrogen-bond acceptors (Lipinski definition) is 5. The van der Waals surface area contributed by atoms with Crippen LogP contribution in [-0.2, 0) is 12.7 Å². The second-order valence-corrected chi connectivity index (χ2v) is 4.49. The predicted octanol–water partition coefficient (Wildman–Crippen LogP) is 1.19. The summed E-state index contributed by atoms with van der Waals surface area (Å²) in [4.78, 5) is 0. The SMILES string of the molecule is N#Cc1nnn(CC(O)CO)c1-c1ccc(C(F)(F)F)cc1. The standard InChI is InChI=1S/C13H11F3N4O2/c14-13(15,16)9-3-1-8(2-4-9)12-11(5-17)18-19-20(12)6-10(22)7-21/h1-4,10,21-22H,6-7H2. The average Bonchev–Trinajstić information content (AvgIpc) is 2.89. The van der Waals surface area contributed by atoms with Crippen LogP contribution < -0.4 is 0 Å². The van der Waals surface area contributed by atoms with E-state index in [0.29, 0.717) is 5.56 Å². The zero-order chi connectivity index (χ0) is 16.3. The van der Waals surface area contributed by atoms with Crippen LogP contribution >= 0.6 is 0 Å². The highest BCUT2D eigenvalue weighted by Gasteiger charge is 2.30. The normalized spacial score (nSPS) is 12.9. The Morgan fingerprint density at radius 3 is 2.41 bits per heavy atom. The summed E-state index contributed by atoms with van der Waals surface area (Å²) < 4.78 is 38.9. The molecule has 0 aliphatic heterocycles. The van der Waals surface area contributed by atoms with Gasteiger partial charge in [-0.1, -0.05) is 17.3 Å². The molecule has 0 saturated carbocycles. The molecule has 0 spiro atoms. The first kappa shape index (κ1) is 15.9. The molecule has 2 aromatic rings. The summed E-state index contributed by atoms with van der Waals surface area (Å²) in [5.74, 6) is 0. The van der Waals surface area contributed by atoms with Gasteiger partial charge >= 0.3 is 6.18 Å². The molecule has 116 valence electrons. The van der Waals surface area contributed by atoms with Crippen molar-refractivity contribution in [3.05, 3.63) is 35.5 Å². The molecule has 0 radical (unpaired) electrons. The Morgan fingerprint density at radius 2 is 1.91 bits per heavy atom. The fraction of sp³-hybridized carbons (Fsp3) is 0.308. The highest BCUT2D eigenvalue weighted by atomic mass is 19.4. The number of benzene rings is 1. The highest BCUT2D eigenvalue weighted by Crippen LogP contribution is 2.31. The van der Waals surface area contributed by atoms with E-state index in [2.05, 4.69) is 10.3 Å². The van der Waals surface area contributed by atoms with Gasteiger partial charge in [0.15, 0.2) is 5.69 Å². The van der Waals surface area contributed by atoms with Crippen LogP contribution in [0.15, 0.2) is 24.3 Å². The van der Waals surface area contributed by atoms with Crippen molar-refractivity contribution < 1.29 is 23.4 Å². The van der Waals surface area contributed by atoms with Crippen LogP contribution in [0.4, 0.5) is 13.2 Å². The van der Waals surface area contributed by atoms with E-state index in [9.17, 15) is 18.3 Å². The summed E-state index contributed by atoms with van der Waals surface area (Å²) >= 11 is 0. The zero-order valence-electron chi connectivity index (χ0n) is 11.1. The van der Waals surface area contributed by atoms with Crippen molar-refractivity contribution in [1.29, 1.82) is 5.26 Å². The van der Waals surface area contributed by atoms with Crippen LogP contribution in [0.3, 0.4) is 0 Å². The van der Waals surface area contributed by atoms with Crippen LogP contribution in [-0.4, -0.2) is 37.9 Å². The summed E-state index contributed by atoms with van der Waals surface area (Å²) in [5, 5.41) is 34.6. The second kappa shape index (κ2) is 6.13. The number of alkyl halides is 3. The molecule has 0 bridgehead atoms. The molecule has 1 unspecified atom stereocenters. The number of nitriles is 1. The third-order valence-corrected chi connectivity index (χ3v) is 2.92. The molecule has 0 aliphatic carbocycles. The molecule has 0 saturated heterocycles. The number of hydrogen-bond donors (Lipinski definition) is 2. The van der Waals surface area contributed by atoms with E-state index in [1.54, 1.807) is 6.07 Å². The van der Waals surface area contributed by atoms with Crippen molar-refractivity contribution in [3.8, 4) is 17.3 Å². The first-order valence-electron chi connectivity index (χ1n) is 6.17. The number of aliphatic hydroxyl groups excluding tert-OH is 2. The zero-order valence-corrected chi connectivity index (χ0v) is 11.1. The van der Waals surface area contributed by atoms with Gasteiger partial charge < -0.3 is 10.2 Å². The van der Waals surface area contributed by atoms with Gasteiger partial charge in [-0.2, -0.15) is 18.4 Å². The number of aliphatic hydroxyl groups is 2. The molecule has 0 amide bonds. The van der Waals surface area contributed by atoms with Crippen molar-refractivity contribution in [2.75, 3.05) is 6.61 Å². The number of nitrogens with zero attached hydrogens (tertiary/aromatic N) is 4. The third-order valence-electron chi connectivity index (χ3n) is 2.92. The van der Waals surface area contributed by atoms with E-state index >= 15 is 0 Å². The van der Waals surface area contributed by atoms with E-state index in [1.807, 2.05) is 0 Å². The van der Waals surface area contributed by atoms with E-state index in [0.717, 1.165) is 12.1 Å².